The molecule has 3 unspecified atom stereocenters. The quantitative estimate of drug-likeness (QED) is 0.650. The van der Waals surface area contributed by atoms with Crippen LogP contribution in [-0.2, 0) is 9.53 Å². The smallest absolute Gasteiger partial charge is 0.323 e. The average molecular weight is 226 g/mol. The molecular formula is C12H22N2O2. The zero-order valence-electron chi connectivity index (χ0n) is 10.4. The van der Waals surface area contributed by atoms with Crippen molar-refractivity contribution in [2.24, 2.45) is 0 Å². The van der Waals surface area contributed by atoms with Gasteiger partial charge in [0.05, 0.1) is 0 Å². The van der Waals surface area contributed by atoms with Crippen LogP contribution in [-0.4, -0.2) is 36.2 Å². The lowest BCUT2D eigenvalue weighted by atomic mass is 9.94. The molecule has 0 aliphatic carbocycles. The highest BCUT2D eigenvalue weighted by Gasteiger charge is 2.37. The molecule has 0 bridgehead atoms. The van der Waals surface area contributed by atoms with Crippen LogP contribution in [0.3, 0.4) is 0 Å². The van der Waals surface area contributed by atoms with Gasteiger partial charge in [-0.05, 0) is 46.6 Å². The molecule has 2 heterocycles. The van der Waals surface area contributed by atoms with Crippen LogP contribution in [0.4, 0.5) is 0 Å². The molecule has 0 aromatic carbocycles. The van der Waals surface area contributed by atoms with E-state index in [-0.39, 0.29) is 17.6 Å². The summed E-state index contributed by atoms with van der Waals surface area (Å²) in [6.45, 7) is 6.79. The number of hydrogen-bond donors (Lipinski definition) is 2. The molecule has 2 saturated heterocycles. The van der Waals surface area contributed by atoms with Crippen molar-refractivity contribution in [2.75, 3.05) is 6.54 Å². The second kappa shape index (κ2) is 4.34. The van der Waals surface area contributed by atoms with E-state index >= 15 is 0 Å². The molecule has 4 nitrogen and oxygen atoms in total. The van der Waals surface area contributed by atoms with Gasteiger partial charge >= 0.3 is 5.97 Å². The fourth-order valence-corrected chi connectivity index (χ4v) is 2.52. The van der Waals surface area contributed by atoms with Crippen LogP contribution < -0.4 is 10.6 Å². The van der Waals surface area contributed by atoms with E-state index in [9.17, 15) is 4.79 Å². The zero-order chi connectivity index (χ0) is 11.8. The molecule has 0 spiro atoms. The van der Waals surface area contributed by atoms with Crippen molar-refractivity contribution in [3.8, 4) is 0 Å². The summed E-state index contributed by atoms with van der Waals surface area (Å²) in [6, 6.07) is 0.894. The fraction of sp³-hybridized carbons (Fsp3) is 0.917. The Morgan fingerprint density at radius 2 is 1.94 bits per heavy atom. The number of esters is 1. The molecule has 2 fully saturated rings. The summed E-state index contributed by atoms with van der Waals surface area (Å²) >= 11 is 0. The van der Waals surface area contributed by atoms with Crippen LogP contribution in [0, 0.1) is 0 Å². The van der Waals surface area contributed by atoms with Crippen molar-refractivity contribution in [2.45, 2.75) is 63.8 Å². The Labute approximate surface area is 97.1 Å². The lowest BCUT2D eigenvalue weighted by Crippen LogP contribution is -2.54. The van der Waals surface area contributed by atoms with E-state index in [4.69, 9.17) is 4.74 Å². The summed E-state index contributed by atoms with van der Waals surface area (Å²) < 4.78 is 5.40. The Hall–Kier alpha value is -0.610. The maximum Gasteiger partial charge on any atom is 0.323 e. The van der Waals surface area contributed by atoms with Gasteiger partial charge in [0.15, 0.2) is 0 Å². The normalized spacial score (nSPS) is 34.6. The highest BCUT2D eigenvalue weighted by Crippen LogP contribution is 2.21. The van der Waals surface area contributed by atoms with Crippen LogP contribution in [0.25, 0.3) is 0 Å². The number of carbonyl (C=O) groups excluding carboxylic acids is 1. The molecule has 0 saturated carbocycles. The van der Waals surface area contributed by atoms with Gasteiger partial charge in [-0.15, -0.1) is 0 Å². The van der Waals surface area contributed by atoms with Gasteiger partial charge in [0, 0.05) is 12.1 Å². The van der Waals surface area contributed by atoms with Crippen molar-refractivity contribution in [1.29, 1.82) is 0 Å². The summed E-state index contributed by atoms with van der Waals surface area (Å²) in [4.78, 5) is 11.9. The Bertz CT molecular complexity index is 273. The number of ether oxygens (including phenoxy) is 1. The number of piperidine rings is 1. The largest absolute Gasteiger partial charge is 0.459 e. The maximum absolute atomic E-state index is 11.9. The summed E-state index contributed by atoms with van der Waals surface area (Å²) in [5.41, 5.74) is -0.385. The Morgan fingerprint density at radius 1 is 1.19 bits per heavy atom. The standard InChI is InChI=1S/C12H22N2O2/c1-12(2,3)16-11(15)10-5-4-8-9(14-10)6-7-13-8/h8-10,13-14H,4-7H2,1-3H3. The zero-order valence-corrected chi connectivity index (χ0v) is 10.4. The first kappa shape index (κ1) is 11.9. The molecule has 0 amide bonds. The summed E-state index contributed by atoms with van der Waals surface area (Å²) in [7, 11) is 0. The third kappa shape index (κ3) is 2.74. The molecular weight excluding hydrogens is 204 g/mol. The van der Waals surface area contributed by atoms with Crippen molar-refractivity contribution < 1.29 is 9.53 Å². The van der Waals surface area contributed by atoms with Gasteiger partial charge in [0.25, 0.3) is 0 Å². The molecule has 0 radical (unpaired) electrons. The minimum atomic E-state index is -0.385. The van der Waals surface area contributed by atoms with Gasteiger partial charge in [-0.2, -0.15) is 0 Å². The van der Waals surface area contributed by atoms with E-state index in [1.54, 1.807) is 0 Å². The van der Waals surface area contributed by atoms with Gasteiger partial charge in [0.2, 0.25) is 0 Å². The first-order chi connectivity index (χ1) is 7.46. The molecule has 16 heavy (non-hydrogen) atoms. The highest BCUT2D eigenvalue weighted by atomic mass is 16.6. The van der Waals surface area contributed by atoms with Gasteiger partial charge in [0.1, 0.15) is 11.6 Å². The monoisotopic (exact) mass is 226 g/mol. The number of nitrogens with one attached hydrogen (secondary N) is 2. The third-order valence-corrected chi connectivity index (χ3v) is 3.22. The van der Waals surface area contributed by atoms with Crippen molar-refractivity contribution in [1.82, 2.24) is 10.6 Å². The number of fused-ring (bicyclic) bond motifs is 1. The molecule has 2 aliphatic rings. The van der Waals surface area contributed by atoms with E-state index in [1.165, 1.54) is 0 Å². The average Bonchev–Trinajstić information content (AvgIpc) is 2.61. The summed E-state index contributed by atoms with van der Waals surface area (Å²) in [6.07, 6.45) is 3.06. The second-order valence-corrected chi connectivity index (χ2v) is 5.79. The van der Waals surface area contributed by atoms with Crippen LogP contribution in [0.1, 0.15) is 40.0 Å². The number of hydrogen-bond acceptors (Lipinski definition) is 4. The summed E-state index contributed by atoms with van der Waals surface area (Å²) in [5, 5.41) is 6.85. The van der Waals surface area contributed by atoms with Gasteiger partial charge < -0.3 is 10.1 Å². The highest BCUT2D eigenvalue weighted by molar-refractivity contribution is 5.76. The van der Waals surface area contributed by atoms with E-state index in [1.807, 2.05) is 20.8 Å². The lowest BCUT2D eigenvalue weighted by molar-refractivity contribution is -0.158. The van der Waals surface area contributed by atoms with Crippen LogP contribution in [0.15, 0.2) is 0 Å². The predicted molar refractivity (Wildman–Crippen MR) is 62.2 cm³/mol. The van der Waals surface area contributed by atoms with Gasteiger partial charge in [-0.1, -0.05) is 0 Å². The molecule has 92 valence electrons. The fourth-order valence-electron chi connectivity index (χ4n) is 2.52. The molecule has 0 aromatic rings. The predicted octanol–water partition coefficient (Wildman–Crippen LogP) is 0.811. The minimum Gasteiger partial charge on any atom is -0.459 e. The van der Waals surface area contributed by atoms with E-state index < -0.39 is 0 Å². The third-order valence-electron chi connectivity index (χ3n) is 3.22. The molecule has 4 heteroatoms. The van der Waals surface area contributed by atoms with Crippen LogP contribution >= 0.6 is 0 Å². The van der Waals surface area contributed by atoms with Crippen molar-refractivity contribution >= 4 is 5.97 Å². The second-order valence-electron chi connectivity index (χ2n) is 5.79. The van der Waals surface area contributed by atoms with Crippen LogP contribution in [0.2, 0.25) is 0 Å². The number of carbonyl (C=O) groups is 1. The molecule has 0 aromatic heterocycles. The van der Waals surface area contributed by atoms with Crippen molar-refractivity contribution in [3.63, 3.8) is 0 Å². The first-order valence-corrected chi connectivity index (χ1v) is 6.18. The molecule has 3 atom stereocenters. The van der Waals surface area contributed by atoms with Gasteiger partial charge in [-0.3, -0.25) is 10.1 Å². The number of rotatable bonds is 1. The first-order valence-electron chi connectivity index (χ1n) is 6.18. The van der Waals surface area contributed by atoms with E-state index in [0.29, 0.717) is 12.1 Å². The van der Waals surface area contributed by atoms with Gasteiger partial charge in [-0.25, -0.2) is 0 Å². The minimum absolute atomic E-state index is 0.0992. The van der Waals surface area contributed by atoms with E-state index in [0.717, 1.165) is 25.8 Å². The molecule has 2 aliphatic heterocycles. The van der Waals surface area contributed by atoms with Crippen LogP contribution in [0.5, 0.6) is 0 Å². The Balaban J connectivity index is 1.89. The Morgan fingerprint density at radius 3 is 2.62 bits per heavy atom. The van der Waals surface area contributed by atoms with Crippen molar-refractivity contribution in [3.05, 3.63) is 0 Å². The topological polar surface area (TPSA) is 50.4 Å². The Kier molecular flexibility index (Phi) is 3.22. The molecule has 2 rings (SSSR count). The summed E-state index contributed by atoms with van der Waals surface area (Å²) in [5.74, 6) is -0.0992. The maximum atomic E-state index is 11.9. The SMILES string of the molecule is CC(C)(C)OC(=O)C1CCC2NCCC2N1. The lowest BCUT2D eigenvalue weighted by Gasteiger charge is -2.33. The molecule has 2 N–H and O–H groups in total. The van der Waals surface area contributed by atoms with E-state index in [2.05, 4.69) is 10.6 Å².